The first-order valence-electron chi connectivity index (χ1n) is 13.6. The molecule has 0 radical (unpaired) electrons. The highest BCUT2D eigenvalue weighted by Gasteiger charge is 2.61. The molecule has 184 valence electrons. The Morgan fingerprint density at radius 3 is 2.25 bits per heavy atom. The van der Waals surface area contributed by atoms with Gasteiger partial charge in [0.2, 0.25) is 0 Å². The Labute approximate surface area is 195 Å². The number of Topliss-reactive ketones (excluding diaryl/α,β-unsaturated/α-hetero) is 1. The van der Waals surface area contributed by atoms with Crippen LogP contribution in [0, 0.1) is 52.3 Å². The fraction of sp³-hybridized carbons (Fsp3) is 0.964. The zero-order valence-corrected chi connectivity index (χ0v) is 21.1. The van der Waals surface area contributed by atoms with Crippen molar-refractivity contribution in [1.29, 1.82) is 0 Å². The molecule has 0 aromatic carbocycles. The fourth-order valence-corrected chi connectivity index (χ4v) is 9.45. The smallest absolute Gasteiger partial charge is 0.133 e. The lowest BCUT2D eigenvalue weighted by Gasteiger charge is -2.60. The van der Waals surface area contributed by atoms with E-state index in [4.69, 9.17) is 0 Å². The molecular weight excluding hydrogens is 400 g/mol. The summed E-state index contributed by atoms with van der Waals surface area (Å²) in [4.78, 5) is 12.1. The predicted octanol–water partition coefficient (Wildman–Crippen LogP) is 4.98. The molecule has 0 spiro atoms. The van der Waals surface area contributed by atoms with Gasteiger partial charge in [0.15, 0.2) is 0 Å². The second kappa shape index (κ2) is 8.96. The average Bonchev–Trinajstić information content (AvgIpc) is 3.10. The summed E-state index contributed by atoms with van der Waals surface area (Å²) in [6.45, 7) is 11.1. The summed E-state index contributed by atoms with van der Waals surface area (Å²) in [5.41, 5.74) is 0.338. The van der Waals surface area contributed by atoms with Gasteiger partial charge in [-0.3, -0.25) is 4.79 Å². The highest BCUT2D eigenvalue weighted by atomic mass is 16.4. The zero-order valence-electron chi connectivity index (χ0n) is 21.1. The predicted molar refractivity (Wildman–Crippen MR) is 127 cm³/mol. The van der Waals surface area contributed by atoms with Gasteiger partial charge >= 0.3 is 0 Å². The molecule has 0 saturated heterocycles. The van der Waals surface area contributed by atoms with Crippen LogP contribution in [-0.4, -0.2) is 39.4 Å². The molecule has 0 aromatic heterocycles. The third-order valence-corrected chi connectivity index (χ3v) is 11.4. The molecule has 4 fully saturated rings. The lowest BCUT2D eigenvalue weighted by Crippen LogP contribution is -2.55. The van der Waals surface area contributed by atoms with Crippen LogP contribution in [0.15, 0.2) is 0 Å². The van der Waals surface area contributed by atoms with Gasteiger partial charge < -0.3 is 15.3 Å². The molecule has 3 N–H and O–H groups in total. The molecule has 0 bridgehead atoms. The third kappa shape index (κ3) is 3.81. The summed E-state index contributed by atoms with van der Waals surface area (Å²) >= 11 is 0. The summed E-state index contributed by atoms with van der Waals surface area (Å²) in [5.74, 6) is 3.34. The van der Waals surface area contributed by atoms with E-state index in [0.29, 0.717) is 34.9 Å². The Bertz CT molecular complexity index is 691. The van der Waals surface area contributed by atoms with Crippen molar-refractivity contribution >= 4 is 5.78 Å². The Kier molecular flexibility index (Phi) is 6.91. The summed E-state index contributed by atoms with van der Waals surface area (Å²) in [5, 5.41) is 33.2. The van der Waals surface area contributed by atoms with Crippen LogP contribution >= 0.6 is 0 Å². The minimum Gasteiger partial charge on any atom is -0.390 e. The molecule has 4 heteroatoms. The summed E-state index contributed by atoms with van der Waals surface area (Å²) in [7, 11) is 0. The second-order valence-corrected chi connectivity index (χ2v) is 12.9. The van der Waals surface area contributed by atoms with Crippen molar-refractivity contribution in [2.75, 3.05) is 0 Å². The fourth-order valence-electron chi connectivity index (χ4n) is 9.45. The van der Waals surface area contributed by atoms with Crippen molar-refractivity contribution in [2.24, 2.45) is 52.3 Å². The topological polar surface area (TPSA) is 77.8 Å². The highest BCUT2D eigenvalue weighted by Crippen LogP contribution is 2.67. The van der Waals surface area contributed by atoms with Gasteiger partial charge in [-0.15, -0.1) is 0 Å². The van der Waals surface area contributed by atoms with E-state index in [1.165, 1.54) is 19.3 Å². The first kappa shape index (κ1) is 24.7. The van der Waals surface area contributed by atoms with E-state index in [-0.39, 0.29) is 23.2 Å². The maximum absolute atomic E-state index is 12.1. The van der Waals surface area contributed by atoms with Crippen LogP contribution < -0.4 is 0 Å². The summed E-state index contributed by atoms with van der Waals surface area (Å²) in [6.07, 6.45) is 7.38. The Morgan fingerprint density at radius 2 is 1.59 bits per heavy atom. The van der Waals surface area contributed by atoms with Crippen LogP contribution in [0.4, 0.5) is 0 Å². The van der Waals surface area contributed by atoms with Crippen LogP contribution in [0.25, 0.3) is 0 Å². The molecule has 4 rings (SSSR count). The number of carbonyl (C=O) groups excluding carboxylic acids is 1. The van der Waals surface area contributed by atoms with E-state index in [1.807, 2.05) is 0 Å². The summed E-state index contributed by atoms with van der Waals surface area (Å²) < 4.78 is 0. The van der Waals surface area contributed by atoms with Gasteiger partial charge in [0.1, 0.15) is 11.9 Å². The van der Waals surface area contributed by atoms with Crippen LogP contribution in [0.1, 0.15) is 98.8 Å². The van der Waals surface area contributed by atoms with Crippen molar-refractivity contribution in [2.45, 2.75) is 117 Å². The monoisotopic (exact) mass is 448 g/mol. The highest BCUT2D eigenvalue weighted by molar-refractivity contribution is 5.79. The van der Waals surface area contributed by atoms with E-state index < -0.39 is 18.3 Å². The molecule has 4 aliphatic rings. The van der Waals surface area contributed by atoms with Gasteiger partial charge in [-0.2, -0.15) is 0 Å². The van der Waals surface area contributed by atoms with Crippen molar-refractivity contribution < 1.29 is 20.1 Å². The van der Waals surface area contributed by atoms with Crippen LogP contribution in [-0.2, 0) is 4.79 Å². The molecule has 4 nitrogen and oxygen atoms in total. The summed E-state index contributed by atoms with van der Waals surface area (Å²) in [6, 6.07) is 0. The lowest BCUT2D eigenvalue weighted by molar-refractivity contribution is -0.152. The Balaban J connectivity index is 1.51. The largest absolute Gasteiger partial charge is 0.390 e. The minimum atomic E-state index is -1.07. The van der Waals surface area contributed by atoms with Crippen molar-refractivity contribution in [3.63, 3.8) is 0 Å². The molecule has 0 aliphatic heterocycles. The molecule has 0 aromatic rings. The second-order valence-electron chi connectivity index (χ2n) is 12.9. The molecule has 4 saturated carbocycles. The SMILES string of the molecule is CC[C@@H](C(C)C)[C@H](O)[C@@H](O)[C@@H](O)[C@H]1CCC2C3CCC4CC(=O)CC[C@]4(C)C3CC[C@@]21C. The van der Waals surface area contributed by atoms with Gasteiger partial charge in [-0.1, -0.05) is 41.0 Å². The Hall–Kier alpha value is -0.450. The number of ketones is 1. The van der Waals surface area contributed by atoms with Crippen molar-refractivity contribution in [1.82, 2.24) is 0 Å². The Morgan fingerprint density at radius 1 is 0.906 bits per heavy atom. The van der Waals surface area contributed by atoms with Gasteiger partial charge in [-0.25, -0.2) is 0 Å². The van der Waals surface area contributed by atoms with Gasteiger partial charge in [-0.05, 0) is 97.2 Å². The molecule has 0 heterocycles. The van der Waals surface area contributed by atoms with Gasteiger partial charge in [0.25, 0.3) is 0 Å². The maximum atomic E-state index is 12.1. The van der Waals surface area contributed by atoms with Crippen LogP contribution in [0.2, 0.25) is 0 Å². The van der Waals surface area contributed by atoms with Crippen LogP contribution in [0.5, 0.6) is 0 Å². The van der Waals surface area contributed by atoms with Crippen LogP contribution in [0.3, 0.4) is 0 Å². The number of hydrogen-bond donors (Lipinski definition) is 3. The zero-order chi connectivity index (χ0) is 23.4. The van der Waals surface area contributed by atoms with E-state index in [0.717, 1.165) is 44.9 Å². The van der Waals surface area contributed by atoms with Crippen molar-refractivity contribution in [3.8, 4) is 0 Å². The number of aliphatic hydroxyl groups excluding tert-OH is 3. The maximum Gasteiger partial charge on any atom is 0.133 e. The number of carbonyl (C=O) groups is 1. The van der Waals surface area contributed by atoms with Crippen molar-refractivity contribution in [3.05, 3.63) is 0 Å². The first-order valence-corrected chi connectivity index (χ1v) is 13.6. The minimum absolute atomic E-state index is 0.00429. The van der Waals surface area contributed by atoms with E-state index in [2.05, 4.69) is 34.6 Å². The standard InChI is InChI=1S/C28H48O4/c1-6-19(16(2)3)24(30)26(32)25(31)23-10-9-21-20-8-7-17-15-18(29)11-13-27(17,4)22(20)12-14-28(21,23)5/h16-17,19-26,30-32H,6-15H2,1-5H3/t17?,19-,20?,21?,22?,23+,24-,25-,26+,27-,28-/m0/s1. The molecule has 4 aliphatic carbocycles. The number of fused-ring (bicyclic) bond motifs is 5. The average molecular weight is 449 g/mol. The molecule has 11 atom stereocenters. The lowest BCUT2D eigenvalue weighted by atomic mass is 9.44. The first-order chi connectivity index (χ1) is 15.0. The molecule has 4 unspecified atom stereocenters. The number of rotatable bonds is 6. The third-order valence-electron chi connectivity index (χ3n) is 11.4. The number of aliphatic hydroxyl groups is 3. The molecular formula is C28H48O4. The van der Waals surface area contributed by atoms with Gasteiger partial charge in [0.05, 0.1) is 12.2 Å². The van der Waals surface area contributed by atoms with E-state index >= 15 is 0 Å². The van der Waals surface area contributed by atoms with E-state index in [9.17, 15) is 20.1 Å². The quantitative estimate of drug-likeness (QED) is 0.535. The van der Waals surface area contributed by atoms with E-state index in [1.54, 1.807) is 0 Å². The normalized spacial score (nSPS) is 45.5. The molecule has 32 heavy (non-hydrogen) atoms. The van der Waals surface area contributed by atoms with Gasteiger partial charge in [0, 0.05) is 12.8 Å². The number of hydrogen-bond acceptors (Lipinski definition) is 4. The molecule has 0 amide bonds.